The molecule has 0 unspecified atom stereocenters. The lowest BCUT2D eigenvalue weighted by atomic mass is 10.1. The Bertz CT molecular complexity index is 266. The predicted octanol–water partition coefficient (Wildman–Crippen LogP) is -2.25. The van der Waals surface area contributed by atoms with Crippen LogP contribution in [-0.2, 0) is 14.4 Å². The second kappa shape index (κ2) is 4.74. The van der Waals surface area contributed by atoms with Gasteiger partial charge in [0.1, 0.15) is 6.54 Å². The van der Waals surface area contributed by atoms with Crippen LogP contribution in [-0.4, -0.2) is 53.5 Å². The number of nitrogens with one attached hydrogen (secondary N) is 1. The van der Waals surface area contributed by atoms with E-state index < -0.39 is 17.9 Å². The molecule has 1 rings (SSSR count). The molecule has 1 aliphatic rings. The third kappa shape index (κ3) is 3.21. The predicted molar refractivity (Wildman–Crippen MR) is 49.8 cm³/mol. The fourth-order valence-electron chi connectivity index (χ4n) is 1.47. The summed E-state index contributed by atoms with van der Waals surface area (Å²) in [5.74, 6) is -2.04. The van der Waals surface area contributed by atoms with Gasteiger partial charge in [-0.05, 0) is 0 Å². The molecule has 0 spiro atoms. The zero-order chi connectivity index (χ0) is 11.4. The van der Waals surface area contributed by atoms with E-state index in [0.717, 1.165) is 0 Å². The van der Waals surface area contributed by atoms with Gasteiger partial charge in [0.15, 0.2) is 0 Å². The van der Waals surface area contributed by atoms with Crippen molar-refractivity contribution in [1.29, 1.82) is 0 Å². The average Bonchev–Trinajstić information content (AvgIpc) is 2.10. The third-order valence-corrected chi connectivity index (χ3v) is 2.11. The van der Waals surface area contributed by atoms with Crippen LogP contribution in [0.4, 0.5) is 0 Å². The Morgan fingerprint density at radius 1 is 1.60 bits per heavy atom. The highest BCUT2D eigenvalue weighted by Gasteiger charge is 2.30. The standard InChI is InChI=1S/C8H13N3O4/c9-6(12)3-5-8(15)11(2-1-10-5)4-7(13)14/h5,10H,1-4H2,(H2,9,12)(H,13,14)/t5-/m0/s1. The van der Waals surface area contributed by atoms with Crippen molar-refractivity contribution in [3.05, 3.63) is 0 Å². The molecule has 0 aromatic rings. The van der Waals surface area contributed by atoms with Crippen LogP contribution >= 0.6 is 0 Å². The molecule has 4 N–H and O–H groups in total. The van der Waals surface area contributed by atoms with Gasteiger partial charge in [-0.15, -0.1) is 0 Å². The number of carboxylic acids is 1. The number of hydrogen-bond acceptors (Lipinski definition) is 4. The van der Waals surface area contributed by atoms with Crippen molar-refractivity contribution >= 4 is 17.8 Å². The molecule has 7 heteroatoms. The summed E-state index contributed by atoms with van der Waals surface area (Å²) in [5.41, 5.74) is 4.97. The minimum atomic E-state index is -1.07. The number of rotatable bonds is 4. The van der Waals surface area contributed by atoms with E-state index in [-0.39, 0.29) is 18.9 Å². The summed E-state index contributed by atoms with van der Waals surface area (Å²) >= 11 is 0. The summed E-state index contributed by atoms with van der Waals surface area (Å²) in [7, 11) is 0. The Balaban J connectivity index is 2.58. The second-order valence-electron chi connectivity index (χ2n) is 3.33. The highest BCUT2D eigenvalue weighted by Crippen LogP contribution is 2.04. The maximum atomic E-state index is 11.6. The molecule has 0 aromatic carbocycles. The maximum Gasteiger partial charge on any atom is 0.323 e. The lowest BCUT2D eigenvalue weighted by Crippen LogP contribution is -2.57. The Morgan fingerprint density at radius 3 is 2.80 bits per heavy atom. The Hall–Kier alpha value is -1.63. The van der Waals surface area contributed by atoms with Gasteiger partial charge in [0, 0.05) is 13.1 Å². The van der Waals surface area contributed by atoms with Crippen LogP contribution in [0.1, 0.15) is 6.42 Å². The summed E-state index contributed by atoms with van der Waals surface area (Å²) in [5, 5.41) is 11.4. The number of carbonyl (C=O) groups excluding carboxylic acids is 2. The number of carbonyl (C=O) groups is 3. The molecule has 1 atom stereocenters. The Labute approximate surface area is 86.2 Å². The van der Waals surface area contributed by atoms with Gasteiger partial charge in [0.25, 0.3) is 0 Å². The molecule has 0 saturated carbocycles. The molecule has 0 aliphatic carbocycles. The minimum Gasteiger partial charge on any atom is -0.480 e. The van der Waals surface area contributed by atoms with Gasteiger partial charge in [-0.2, -0.15) is 0 Å². The molecule has 1 fully saturated rings. The van der Waals surface area contributed by atoms with Gasteiger partial charge in [-0.3, -0.25) is 14.4 Å². The van der Waals surface area contributed by atoms with Crippen LogP contribution in [0.5, 0.6) is 0 Å². The molecule has 1 heterocycles. The van der Waals surface area contributed by atoms with Crippen molar-refractivity contribution in [1.82, 2.24) is 10.2 Å². The maximum absolute atomic E-state index is 11.6. The topological polar surface area (TPSA) is 113 Å². The van der Waals surface area contributed by atoms with Gasteiger partial charge < -0.3 is 21.1 Å². The molecule has 1 aliphatic heterocycles. The van der Waals surface area contributed by atoms with E-state index in [9.17, 15) is 14.4 Å². The van der Waals surface area contributed by atoms with E-state index in [1.165, 1.54) is 4.90 Å². The number of aliphatic carboxylic acids is 1. The fraction of sp³-hybridized carbons (Fsp3) is 0.625. The van der Waals surface area contributed by atoms with Gasteiger partial charge in [-0.1, -0.05) is 0 Å². The minimum absolute atomic E-state index is 0.102. The summed E-state index contributed by atoms with van der Waals surface area (Å²) in [6.07, 6.45) is -0.102. The zero-order valence-corrected chi connectivity index (χ0v) is 8.10. The second-order valence-corrected chi connectivity index (χ2v) is 3.33. The number of amides is 2. The molecule has 2 amide bonds. The Morgan fingerprint density at radius 2 is 2.27 bits per heavy atom. The third-order valence-electron chi connectivity index (χ3n) is 2.11. The number of primary amides is 1. The molecule has 1 saturated heterocycles. The van der Waals surface area contributed by atoms with Crippen molar-refractivity contribution in [2.75, 3.05) is 19.6 Å². The number of hydrogen-bond donors (Lipinski definition) is 3. The van der Waals surface area contributed by atoms with Gasteiger partial charge >= 0.3 is 5.97 Å². The normalized spacial score (nSPS) is 21.5. The zero-order valence-electron chi connectivity index (χ0n) is 8.10. The van der Waals surface area contributed by atoms with E-state index in [2.05, 4.69) is 5.32 Å². The summed E-state index contributed by atoms with van der Waals surface area (Å²) in [4.78, 5) is 33.9. The number of carboxylic acid groups (broad SMARTS) is 1. The van der Waals surface area contributed by atoms with E-state index in [0.29, 0.717) is 13.1 Å². The highest BCUT2D eigenvalue weighted by atomic mass is 16.4. The number of nitrogens with two attached hydrogens (primary N) is 1. The smallest absolute Gasteiger partial charge is 0.323 e. The first-order chi connectivity index (χ1) is 7.00. The van der Waals surface area contributed by atoms with Crippen LogP contribution in [0, 0.1) is 0 Å². The summed E-state index contributed by atoms with van der Waals surface area (Å²) in [6, 6.07) is -0.685. The molecule has 7 nitrogen and oxygen atoms in total. The molecule has 0 aromatic heterocycles. The van der Waals surface area contributed by atoms with E-state index in [1.807, 2.05) is 0 Å². The summed E-state index contributed by atoms with van der Waals surface area (Å²) in [6.45, 7) is 0.465. The lowest BCUT2D eigenvalue weighted by Gasteiger charge is -2.31. The van der Waals surface area contributed by atoms with Crippen LogP contribution in [0.3, 0.4) is 0 Å². The number of piperazine rings is 1. The fourth-order valence-corrected chi connectivity index (χ4v) is 1.47. The quantitative estimate of drug-likeness (QED) is 0.490. The first kappa shape index (κ1) is 11.4. The first-order valence-corrected chi connectivity index (χ1v) is 4.53. The summed E-state index contributed by atoms with van der Waals surface area (Å²) < 4.78 is 0. The molecule has 84 valence electrons. The van der Waals surface area contributed by atoms with Crippen molar-refractivity contribution < 1.29 is 19.5 Å². The molecular formula is C8H13N3O4. The van der Waals surface area contributed by atoms with E-state index in [4.69, 9.17) is 10.8 Å². The van der Waals surface area contributed by atoms with Crippen molar-refractivity contribution in [3.63, 3.8) is 0 Å². The van der Waals surface area contributed by atoms with Gasteiger partial charge in [0.05, 0.1) is 12.5 Å². The largest absolute Gasteiger partial charge is 0.480 e. The van der Waals surface area contributed by atoms with Crippen LogP contribution in [0.25, 0.3) is 0 Å². The van der Waals surface area contributed by atoms with Crippen molar-refractivity contribution in [2.24, 2.45) is 5.73 Å². The van der Waals surface area contributed by atoms with Crippen molar-refractivity contribution in [3.8, 4) is 0 Å². The van der Waals surface area contributed by atoms with Gasteiger partial charge in [0.2, 0.25) is 11.8 Å². The van der Waals surface area contributed by atoms with E-state index >= 15 is 0 Å². The number of nitrogens with zero attached hydrogens (tertiary/aromatic N) is 1. The molecule has 0 bridgehead atoms. The molecule has 0 radical (unpaired) electrons. The van der Waals surface area contributed by atoms with Crippen LogP contribution in [0.2, 0.25) is 0 Å². The van der Waals surface area contributed by atoms with Crippen LogP contribution in [0.15, 0.2) is 0 Å². The van der Waals surface area contributed by atoms with Crippen LogP contribution < -0.4 is 11.1 Å². The Kier molecular flexibility index (Phi) is 3.62. The SMILES string of the molecule is NC(=O)C[C@@H]1NCCN(CC(=O)O)C1=O. The average molecular weight is 215 g/mol. The van der Waals surface area contributed by atoms with Crippen molar-refractivity contribution in [2.45, 2.75) is 12.5 Å². The molecule has 15 heavy (non-hydrogen) atoms. The van der Waals surface area contributed by atoms with Gasteiger partial charge in [-0.25, -0.2) is 0 Å². The lowest BCUT2D eigenvalue weighted by molar-refractivity contribution is -0.147. The highest BCUT2D eigenvalue weighted by molar-refractivity contribution is 5.90. The monoisotopic (exact) mass is 215 g/mol. The molecular weight excluding hydrogens is 202 g/mol. The van der Waals surface area contributed by atoms with E-state index in [1.54, 1.807) is 0 Å². The first-order valence-electron chi connectivity index (χ1n) is 4.53.